The Balaban J connectivity index is 1.34. The number of benzene rings is 2. The average molecular weight is 597 g/mol. The van der Waals surface area contributed by atoms with Crippen molar-refractivity contribution in [3.63, 3.8) is 0 Å². The lowest BCUT2D eigenvalue weighted by Crippen LogP contribution is -2.26. The molecule has 9 heteroatoms. The molecule has 1 atom stereocenters. The predicted octanol–water partition coefficient (Wildman–Crippen LogP) is 5.86. The Kier molecular flexibility index (Phi) is 7.83. The highest BCUT2D eigenvalue weighted by Crippen LogP contribution is 2.40. The first-order valence-electron chi connectivity index (χ1n) is 14.6. The van der Waals surface area contributed by atoms with Crippen LogP contribution in [0.4, 0.5) is 4.39 Å². The number of halogens is 1. The van der Waals surface area contributed by atoms with Crippen molar-refractivity contribution in [2.75, 3.05) is 6.54 Å². The molecule has 0 spiro atoms. The minimum Gasteiger partial charge on any atom is -0.366 e. The summed E-state index contributed by atoms with van der Waals surface area (Å²) < 4.78 is 13.4. The van der Waals surface area contributed by atoms with Gasteiger partial charge < -0.3 is 16.0 Å². The monoisotopic (exact) mass is 596 g/mol. The number of primary amides is 1. The van der Waals surface area contributed by atoms with Gasteiger partial charge in [0.1, 0.15) is 5.82 Å². The number of amides is 3. The SMILES string of the molecule is CC(C)Cc1nc2c(c(-c3ccc(C(=O)N[C@@H]4CCc5ccccc54)s3)c1C(N)=O)C(=O)N(CCc1ccc(F)cc1)C2. The highest BCUT2D eigenvalue weighted by molar-refractivity contribution is 7.17. The quantitative estimate of drug-likeness (QED) is 0.252. The van der Waals surface area contributed by atoms with Crippen molar-refractivity contribution in [3.8, 4) is 10.4 Å². The summed E-state index contributed by atoms with van der Waals surface area (Å²) in [5.74, 6) is -1.20. The molecule has 4 aromatic rings. The van der Waals surface area contributed by atoms with Crippen molar-refractivity contribution in [1.29, 1.82) is 0 Å². The second-order valence-corrected chi connectivity index (χ2v) is 12.7. The fourth-order valence-corrected chi connectivity index (χ4v) is 7.08. The number of nitrogens with two attached hydrogens (primary N) is 1. The first kappa shape index (κ1) is 28.7. The number of carbonyl (C=O) groups is 3. The zero-order valence-corrected chi connectivity index (χ0v) is 25.0. The molecule has 0 saturated heterocycles. The van der Waals surface area contributed by atoms with Gasteiger partial charge in [0.15, 0.2) is 0 Å². The molecule has 43 heavy (non-hydrogen) atoms. The fourth-order valence-electron chi connectivity index (χ4n) is 6.12. The third-order valence-electron chi connectivity index (χ3n) is 8.13. The number of aryl methyl sites for hydroxylation is 1. The van der Waals surface area contributed by atoms with Gasteiger partial charge in [-0.15, -0.1) is 11.3 Å². The molecular formula is C34H33FN4O3S. The van der Waals surface area contributed by atoms with Crippen molar-refractivity contribution < 1.29 is 18.8 Å². The number of hydrogen-bond acceptors (Lipinski definition) is 5. The molecule has 2 aliphatic rings. The lowest BCUT2D eigenvalue weighted by Gasteiger charge is -2.16. The first-order chi connectivity index (χ1) is 20.7. The van der Waals surface area contributed by atoms with Crippen LogP contribution in [0.2, 0.25) is 0 Å². The summed E-state index contributed by atoms with van der Waals surface area (Å²) in [6.45, 7) is 4.78. The number of hydrogen-bond donors (Lipinski definition) is 2. The molecule has 0 bridgehead atoms. The summed E-state index contributed by atoms with van der Waals surface area (Å²) in [5.41, 5.74) is 11.5. The van der Waals surface area contributed by atoms with Gasteiger partial charge in [0.05, 0.1) is 40.0 Å². The van der Waals surface area contributed by atoms with E-state index >= 15 is 0 Å². The number of nitrogens with zero attached hydrogens (tertiary/aromatic N) is 2. The second kappa shape index (κ2) is 11.7. The van der Waals surface area contributed by atoms with E-state index in [2.05, 4.69) is 17.4 Å². The van der Waals surface area contributed by atoms with Crippen molar-refractivity contribution >= 4 is 29.1 Å². The normalized spacial score (nSPS) is 15.6. The summed E-state index contributed by atoms with van der Waals surface area (Å²) in [4.78, 5) is 47.8. The Morgan fingerprint density at radius 2 is 1.86 bits per heavy atom. The molecule has 3 amide bonds. The maximum Gasteiger partial charge on any atom is 0.261 e. The molecule has 7 nitrogen and oxygen atoms in total. The Hall–Kier alpha value is -4.37. The van der Waals surface area contributed by atoms with Crippen LogP contribution in [0.1, 0.15) is 84.8 Å². The van der Waals surface area contributed by atoms with Crippen LogP contribution in [-0.2, 0) is 25.8 Å². The predicted molar refractivity (Wildman–Crippen MR) is 164 cm³/mol. The smallest absolute Gasteiger partial charge is 0.261 e. The third kappa shape index (κ3) is 5.69. The van der Waals surface area contributed by atoms with E-state index in [1.807, 2.05) is 26.0 Å². The van der Waals surface area contributed by atoms with Crippen molar-refractivity contribution in [2.45, 2.75) is 52.1 Å². The van der Waals surface area contributed by atoms with Gasteiger partial charge in [-0.1, -0.05) is 50.2 Å². The van der Waals surface area contributed by atoms with Crippen LogP contribution in [0.15, 0.2) is 60.7 Å². The highest BCUT2D eigenvalue weighted by Gasteiger charge is 2.36. The Labute approximate surface area is 253 Å². The zero-order valence-electron chi connectivity index (χ0n) is 24.2. The molecule has 220 valence electrons. The van der Waals surface area contributed by atoms with Crippen LogP contribution >= 0.6 is 11.3 Å². The number of fused-ring (bicyclic) bond motifs is 2. The Morgan fingerprint density at radius 1 is 1.09 bits per heavy atom. The van der Waals surface area contributed by atoms with E-state index in [9.17, 15) is 18.8 Å². The molecule has 1 aliphatic heterocycles. The van der Waals surface area contributed by atoms with Gasteiger partial charge in [-0.05, 0) is 72.6 Å². The topological polar surface area (TPSA) is 105 Å². The summed E-state index contributed by atoms with van der Waals surface area (Å²) >= 11 is 1.24. The Morgan fingerprint density at radius 3 is 2.60 bits per heavy atom. The number of aromatic nitrogens is 1. The van der Waals surface area contributed by atoms with Crippen LogP contribution in [0.3, 0.4) is 0 Å². The minimum atomic E-state index is -0.652. The number of carbonyl (C=O) groups excluding carboxylic acids is 3. The van der Waals surface area contributed by atoms with Gasteiger partial charge in [-0.2, -0.15) is 0 Å². The van der Waals surface area contributed by atoms with Gasteiger partial charge in [-0.3, -0.25) is 19.4 Å². The van der Waals surface area contributed by atoms with Gasteiger partial charge in [-0.25, -0.2) is 4.39 Å². The Bertz CT molecular complexity index is 1730. The van der Waals surface area contributed by atoms with Crippen LogP contribution in [-0.4, -0.2) is 34.2 Å². The second-order valence-electron chi connectivity index (χ2n) is 11.6. The minimum absolute atomic E-state index is 0.0607. The van der Waals surface area contributed by atoms with E-state index in [1.54, 1.807) is 29.2 Å². The van der Waals surface area contributed by atoms with Crippen molar-refractivity contribution in [2.24, 2.45) is 11.7 Å². The molecule has 0 unspecified atom stereocenters. The standard InChI is InChI=1S/C34H33FN4O3S/c1-19(2)17-25-29(32(36)40)31(30-26(37-25)18-39(34(30)42)16-15-20-7-10-22(35)11-8-20)27-13-14-28(43-27)33(41)38-24-12-9-21-5-3-4-6-23(21)24/h3-8,10-11,13-14,19,24H,9,12,15-18H2,1-2H3,(H2,36,40)(H,38,41)/t24-/m1/s1. The van der Waals surface area contributed by atoms with E-state index in [0.29, 0.717) is 58.2 Å². The summed E-state index contributed by atoms with van der Waals surface area (Å²) in [7, 11) is 0. The average Bonchev–Trinajstić information content (AvgIpc) is 3.70. The number of rotatable bonds is 9. The van der Waals surface area contributed by atoms with Crippen LogP contribution < -0.4 is 11.1 Å². The summed E-state index contributed by atoms with van der Waals surface area (Å²) in [6, 6.07) is 17.8. The van der Waals surface area contributed by atoms with Gasteiger partial charge >= 0.3 is 0 Å². The van der Waals surface area contributed by atoms with Crippen molar-refractivity contribution in [1.82, 2.24) is 15.2 Å². The van der Waals surface area contributed by atoms with E-state index in [4.69, 9.17) is 10.7 Å². The highest BCUT2D eigenvalue weighted by atomic mass is 32.1. The van der Waals surface area contributed by atoms with E-state index < -0.39 is 5.91 Å². The lowest BCUT2D eigenvalue weighted by atomic mass is 9.93. The largest absolute Gasteiger partial charge is 0.366 e. The van der Waals surface area contributed by atoms with Crippen LogP contribution in [0.25, 0.3) is 10.4 Å². The number of nitrogens with one attached hydrogen (secondary N) is 1. The maximum atomic E-state index is 13.9. The van der Waals surface area contributed by atoms with E-state index in [1.165, 1.54) is 29.0 Å². The van der Waals surface area contributed by atoms with E-state index in [0.717, 1.165) is 24.0 Å². The molecule has 2 aromatic carbocycles. The molecule has 6 rings (SSSR count). The maximum absolute atomic E-state index is 13.9. The molecule has 0 saturated carbocycles. The van der Waals surface area contributed by atoms with Crippen LogP contribution in [0.5, 0.6) is 0 Å². The third-order valence-corrected chi connectivity index (χ3v) is 9.24. The van der Waals surface area contributed by atoms with Crippen LogP contribution in [0, 0.1) is 11.7 Å². The molecular weight excluding hydrogens is 563 g/mol. The molecule has 2 aromatic heterocycles. The van der Waals surface area contributed by atoms with Gasteiger partial charge in [0, 0.05) is 17.0 Å². The molecule has 0 fully saturated rings. The number of thiophene rings is 1. The van der Waals surface area contributed by atoms with E-state index in [-0.39, 0.29) is 35.2 Å². The molecule has 3 N–H and O–H groups in total. The van der Waals surface area contributed by atoms with Crippen molar-refractivity contribution in [3.05, 3.63) is 111 Å². The van der Waals surface area contributed by atoms with Gasteiger partial charge in [0.2, 0.25) is 0 Å². The summed E-state index contributed by atoms with van der Waals surface area (Å²) in [5, 5.41) is 3.16. The molecule has 3 heterocycles. The number of pyridine rings is 1. The lowest BCUT2D eigenvalue weighted by molar-refractivity contribution is 0.0780. The zero-order chi connectivity index (χ0) is 30.2. The first-order valence-corrected chi connectivity index (χ1v) is 15.4. The molecule has 1 aliphatic carbocycles. The fraction of sp³-hybridized carbons (Fsp3) is 0.294. The van der Waals surface area contributed by atoms with Gasteiger partial charge in [0.25, 0.3) is 17.7 Å². The summed E-state index contributed by atoms with van der Waals surface area (Å²) in [6.07, 6.45) is 2.82. The molecule has 0 radical (unpaired) electrons.